The number of nitrogens with one attached hydrogen (secondary N) is 1. The van der Waals surface area contributed by atoms with Crippen LogP contribution in [0.15, 0.2) is 0 Å². The maximum absolute atomic E-state index is 12.1. The van der Waals surface area contributed by atoms with Gasteiger partial charge in [-0.2, -0.15) is 5.10 Å². The molecule has 0 unspecified atom stereocenters. The molecule has 0 aromatic carbocycles. The number of hydrogen-bond donors (Lipinski definition) is 2. The Balaban J connectivity index is 1.69. The molecular weight excluding hydrogens is 286 g/mol. The molecule has 3 N–H and O–H groups in total. The summed E-state index contributed by atoms with van der Waals surface area (Å²) in [6.45, 7) is 3.87. The van der Waals surface area contributed by atoms with Gasteiger partial charge in [0, 0.05) is 4.88 Å². The largest absolute Gasteiger partial charge is 0.396 e. The Bertz CT molecular complexity index is 664. The molecule has 0 fully saturated rings. The Labute approximate surface area is 127 Å². The van der Waals surface area contributed by atoms with Gasteiger partial charge in [0.15, 0.2) is 5.13 Å². The van der Waals surface area contributed by atoms with Gasteiger partial charge >= 0.3 is 0 Å². The molecule has 1 amide bonds. The van der Waals surface area contributed by atoms with Crippen LogP contribution in [-0.4, -0.2) is 20.7 Å². The highest BCUT2D eigenvalue weighted by Gasteiger charge is 2.17. The number of carbonyl (C=O) groups is 1. The minimum atomic E-state index is -0.119. The third-order valence-electron chi connectivity index (χ3n) is 3.82. The minimum absolute atomic E-state index is 0.119. The fourth-order valence-electron chi connectivity index (χ4n) is 2.57. The molecule has 0 atom stereocenters. The van der Waals surface area contributed by atoms with Gasteiger partial charge in [0.25, 0.3) is 0 Å². The smallest absolute Gasteiger partial charge is 0.247 e. The monoisotopic (exact) mass is 305 g/mol. The first-order valence-electron chi connectivity index (χ1n) is 7.12. The first-order valence-corrected chi connectivity index (χ1v) is 7.94. The lowest BCUT2D eigenvalue weighted by atomic mass is 10.0. The van der Waals surface area contributed by atoms with E-state index in [1.807, 2.05) is 13.8 Å². The number of nitrogens with two attached hydrogens (primary N) is 1. The van der Waals surface area contributed by atoms with Crippen molar-refractivity contribution in [2.24, 2.45) is 0 Å². The summed E-state index contributed by atoms with van der Waals surface area (Å²) in [6, 6.07) is 0. The van der Waals surface area contributed by atoms with Crippen LogP contribution in [0.25, 0.3) is 0 Å². The van der Waals surface area contributed by atoms with Crippen LogP contribution in [0.4, 0.5) is 10.8 Å². The zero-order valence-corrected chi connectivity index (χ0v) is 13.1. The summed E-state index contributed by atoms with van der Waals surface area (Å²) in [7, 11) is 0. The fourth-order valence-corrected chi connectivity index (χ4v) is 3.63. The maximum Gasteiger partial charge on any atom is 0.247 e. The maximum atomic E-state index is 12.1. The molecule has 0 saturated heterocycles. The van der Waals surface area contributed by atoms with Gasteiger partial charge in [0.05, 0.1) is 22.8 Å². The summed E-state index contributed by atoms with van der Waals surface area (Å²) in [4.78, 5) is 17.9. The summed E-state index contributed by atoms with van der Waals surface area (Å²) in [6.07, 6.45) is 4.51. The topological polar surface area (TPSA) is 85.8 Å². The van der Waals surface area contributed by atoms with Crippen molar-refractivity contribution in [3.05, 3.63) is 22.0 Å². The number of fused-ring (bicyclic) bond motifs is 1. The van der Waals surface area contributed by atoms with Gasteiger partial charge in [-0.25, -0.2) is 4.98 Å². The number of aromatic nitrogens is 3. The van der Waals surface area contributed by atoms with Crippen molar-refractivity contribution in [3.63, 3.8) is 0 Å². The average Bonchev–Trinajstić information content (AvgIpc) is 2.95. The van der Waals surface area contributed by atoms with E-state index in [0.29, 0.717) is 10.8 Å². The van der Waals surface area contributed by atoms with Crippen LogP contribution in [0.2, 0.25) is 0 Å². The molecular formula is C14H19N5OS. The molecule has 2 aromatic rings. The highest BCUT2D eigenvalue weighted by molar-refractivity contribution is 7.15. The van der Waals surface area contributed by atoms with Crippen molar-refractivity contribution >= 4 is 28.1 Å². The van der Waals surface area contributed by atoms with Crippen LogP contribution >= 0.6 is 11.3 Å². The Morgan fingerprint density at radius 2 is 2.14 bits per heavy atom. The molecule has 0 saturated carbocycles. The summed E-state index contributed by atoms with van der Waals surface area (Å²) >= 11 is 1.59. The standard InChI is InChI=1S/C14H19N5OS/c1-8-13(15)9(2)19(18-8)7-12(20)17-14-16-10-5-3-4-6-11(10)21-14/h3-7,15H2,1-2H3,(H,16,17,20). The zero-order valence-electron chi connectivity index (χ0n) is 12.3. The van der Waals surface area contributed by atoms with Gasteiger partial charge in [0.1, 0.15) is 6.54 Å². The number of nitrogen functional groups attached to an aromatic ring is 1. The second-order valence-corrected chi connectivity index (χ2v) is 6.47. The van der Waals surface area contributed by atoms with Crippen LogP contribution in [0.3, 0.4) is 0 Å². The van der Waals surface area contributed by atoms with E-state index in [4.69, 9.17) is 5.73 Å². The second kappa shape index (κ2) is 5.48. The van der Waals surface area contributed by atoms with E-state index in [-0.39, 0.29) is 12.5 Å². The van der Waals surface area contributed by atoms with Gasteiger partial charge in [-0.05, 0) is 39.5 Å². The van der Waals surface area contributed by atoms with E-state index in [9.17, 15) is 4.79 Å². The van der Waals surface area contributed by atoms with Crippen LogP contribution in [0.5, 0.6) is 0 Å². The number of aryl methyl sites for hydroxylation is 3. The van der Waals surface area contributed by atoms with Gasteiger partial charge < -0.3 is 11.1 Å². The van der Waals surface area contributed by atoms with E-state index in [0.717, 1.165) is 29.9 Å². The van der Waals surface area contributed by atoms with Gasteiger partial charge in [-0.1, -0.05) is 0 Å². The molecule has 21 heavy (non-hydrogen) atoms. The molecule has 112 valence electrons. The lowest BCUT2D eigenvalue weighted by molar-refractivity contribution is -0.116. The third-order valence-corrected chi connectivity index (χ3v) is 4.90. The zero-order chi connectivity index (χ0) is 15.0. The van der Waals surface area contributed by atoms with Crippen LogP contribution in [0, 0.1) is 13.8 Å². The Morgan fingerprint density at radius 3 is 2.81 bits per heavy atom. The van der Waals surface area contributed by atoms with E-state index in [2.05, 4.69) is 15.4 Å². The quantitative estimate of drug-likeness (QED) is 0.909. The molecule has 1 aliphatic carbocycles. The summed E-state index contributed by atoms with van der Waals surface area (Å²) < 4.78 is 1.63. The minimum Gasteiger partial charge on any atom is -0.396 e. The predicted molar refractivity (Wildman–Crippen MR) is 83.5 cm³/mol. The van der Waals surface area contributed by atoms with Crippen LogP contribution in [0.1, 0.15) is 34.8 Å². The number of rotatable bonds is 3. The predicted octanol–water partition coefficient (Wildman–Crippen LogP) is 2.06. The summed E-state index contributed by atoms with van der Waals surface area (Å²) in [5.41, 5.74) is 9.24. The first kappa shape index (κ1) is 14.1. The SMILES string of the molecule is Cc1nn(CC(=O)Nc2nc3c(s2)CCCC3)c(C)c1N. The third kappa shape index (κ3) is 2.78. The van der Waals surface area contributed by atoms with Crippen molar-refractivity contribution in [1.29, 1.82) is 0 Å². The summed E-state index contributed by atoms with van der Waals surface area (Å²) in [5.74, 6) is -0.119. The van der Waals surface area contributed by atoms with Crippen LogP contribution in [-0.2, 0) is 24.2 Å². The van der Waals surface area contributed by atoms with Crippen molar-refractivity contribution < 1.29 is 4.79 Å². The average molecular weight is 305 g/mol. The fraction of sp³-hybridized carbons (Fsp3) is 0.500. The first-order chi connectivity index (χ1) is 10.0. The number of thiazole rings is 1. The number of amides is 1. The Morgan fingerprint density at radius 1 is 1.38 bits per heavy atom. The van der Waals surface area contributed by atoms with E-state index >= 15 is 0 Å². The van der Waals surface area contributed by atoms with Crippen molar-refractivity contribution in [2.75, 3.05) is 11.1 Å². The molecule has 2 aromatic heterocycles. The lowest BCUT2D eigenvalue weighted by Crippen LogP contribution is -2.20. The van der Waals surface area contributed by atoms with E-state index < -0.39 is 0 Å². The highest BCUT2D eigenvalue weighted by Crippen LogP contribution is 2.29. The van der Waals surface area contributed by atoms with Crippen molar-refractivity contribution in [1.82, 2.24) is 14.8 Å². The lowest BCUT2D eigenvalue weighted by Gasteiger charge is -2.06. The number of hydrogen-bond acceptors (Lipinski definition) is 5. The molecule has 7 heteroatoms. The Hall–Kier alpha value is -1.89. The highest BCUT2D eigenvalue weighted by atomic mass is 32.1. The van der Waals surface area contributed by atoms with Gasteiger partial charge in [-0.15, -0.1) is 11.3 Å². The molecule has 0 spiro atoms. The molecule has 0 bridgehead atoms. The molecule has 3 rings (SSSR count). The van der Waals surface area contributed by atoms with E-state index in [1.165, 1.54) is 17.7 Å². The number of carbonyl (C=O) groups excluding carboxylic acids is 1. The van der Waals surface area contributed by atoms with Crippen molar-refractivity contribution in [2.45, 2.75) is 46.1 Å². The number of anilines is 2. The molecule has 6 nitrogen and oxygen atoms in total. The molecule has 1 aliphatic rings. The summed E-state index contributed by atoms with van der Waals surface area (Å²) in [5, 5.41) is 7.84. The normalized spacial score (nSPS) is 14.0. The van der Waals surface area contributed by atoms with Gasteiger partial charge in [0.2, 0.25) is 5.91 Å². The van der Waals surface area contributed by atoms with E-state index in [1.54, 1.807) is 16.0 Å². The van der Waals surface area contributed by atoms with Gasteiger partial charge in [-0.3, -0.25) is 9.48 Å². The Kier molecular flexibility index (Phi) is 3.67. The number of nitrogens with zero attached hydrogens (tertiary/aromatic N) is 3. The second-order valence-electron chi connectivity index (χ2n) is 5.39. The van der Waals surface area contributed by atoms with Crippen LogP contribution < -0.4 is 11.1 Å². The molecule has 0 aliphatic heterocycles. The van der Waals surface area contributed by atoms with Crippen molar-refractivity contribution in [3.8, 4) is 0 Å². The molecule has 0 radical (unpaired) electrons. The molecule has 2 heterocycles.